The van der Waals surface area contributed by atoms with Gasteiger partial charge in [0.05, 0.1) is 24.2 Å². The summed E-state index contributed by atoms with van der Waals surface area (Å²) in [5.74, 6) is -2.84. The first-order valence-corrected chi connectivity index (χ1v) is 8.47. The molecule has 7 heteroatoms. The number of carbonyl (C=O) groups is 3. The first-order chi connectivity index (χ1) is 11.8. The van der Waals surface area contributed by atoms with E-state index in [-0.39, 0.29) is 18.6 Å². The summed E-state index contributed by atoms with van der Waals surface area (Å²) in [6.45, 7) is 8.06. The summed E-state index contributed by atoms with van der Waals surface area (Å²) >= 11 is 0. The lowest BCUT2D eigenvalue weighted by Gasteiger charge is -2.45. The minimum Gasteiger partial charge on any atom is -0.488 e. The van der Waals surface area contributed by atoms with E-state index in [0.29, 0.717) is 0 Å². The van der Waals surface area contributed by atoms with Gasteiger partial charge in [0.2, 0.25) is 0 Å². The number of hydrogen-bond acceptors (Lipinski definition) is 7. The van der Waals surface area contributed by atoms with Crippen molar-refractivity contribution in [1.82, 2.24) is 0 Å². The lowest BCUT2D eigenvalue weighted by Crippen LogP contribution is -2.55. The summed E-state index contributed by atoms with van der Waals surface area (Å²) in [5.41, 5.74) is -4.84. The van der Waals surface area contributed by atoms with Crippen LogP contribution >= 0.6 is 0 Å². The number of rotatable bonds is 4. The van der Waals surface area contributed by atoms with Crippen molar-refractivity contribution in [2.75, 3.05) is 7.11 Å². The quantitative estimate of drug-likeness (QED) is 0.437. The lowest BCUT2D eigenvalue weighted by molar-refractivity contribution is -0.171. The predicted molar refractivity (Wildman–Crippen MR) is 91.9 cm³/mol. The van der Waals surface area contributed by atoms with E-state index < -0.39 is 45.8 Å². The molecule has 0 aromatic heterocycles. The average molecular weight is 366 g/mol. The van der Waals surface area contributed by atoms with Crippen LogP contribution in [0.1, 0.15) is 47.5 Å². The lowest BCUT2D eigenvalue weighted by atomic mass is 9.70. The fraction of sp³-hybridized carbons (Fsp3) is 0.632. The van der Waals surface area contributed by atoms with Gasteiger partial charge in [-0.15, -0.1) is 0 Å². The Labute approximate surface area is 152 Å². The number of aliphatic hydroxyl groups is 2. The normalized spacial score (nSPS) is 32.6. The van der Waals surface area contributed by atoms with Crippen LogP contribution in [0.4, 0.5) is 0 Å². The summed E-state index contributed by atoms with van der Waals surface area (Å²) < 4.78 is 10.5. The van der Waals surface area contributed by atoms with Gasteiger partial charge in [0, 0.05) is 0 Å². The Bertz CT molecular complexity index is 726. The number of fused-ring (bicyclic) bond motifs is 1. The molecule has 144 valence electrons. The van der Waals surface area contributed by atoms with E-state index in [1.807, 2.05) is 13.8 Å². The highest BCUT2D eigenvalue weighted by Gasteiger charge is 2.70. The molecule has 2 rings (SSSR count). The molecule has 3 atom stereocenters. The average Bonchev–Trinajstić information content (AvgIpc) is 2.71. The molecule has 0 aromatic carbocycles. The maximum Gasteiger partial charge on any atom is 0.350 e. The van der Waals surface area contributed by atoms with Gasteiger partial charge in [-0.05, 0) is 47.5 Å². The summed E-state index contributed by atoms with van der Waals surface area (Å²) in [5, 5.41) is 21.5. The molecule has 0 bridgehead atoms. The Hall–Kier alpha value is -1.99. The number of esters is 1. The van der Waals surface area contributed by atoms with E-state index in [1.165, 1.54) is 0 Å². The molecule has 1 heterocycles. The monoisotopic (exact) mass is 366 g/mol. The number of Topliss-reactive ketones (excluding diaryl/α,β-unsaturated/α-hetero) is 2. The van der Waals surface area contributed by atoms with Crippen LogP contribution in [0.25, 0.3) is 0 Å². The number of carbonyl (C=O) groups excluding carboxylic acids is 3. The molecule has 0 spiro atoms. The van der Waals surface area contributed by atoms with E-state index in [0.717, 1.165) is 19.6 Å². The molecule has 0 amide bonds. The van der Waals surface area contributed by atoms with Crippen molar-refractivity contribution in [2.24, 2.45) is 5.41 Å². The zero-order valence-corrected chi connectivity index (χ0v) is 16.0. The fourth-order valence-corrected chi connectivity index (χ4v) is 3.61. The summed E-state index contributed by atoms with van der Waals surface area (Å²) in [7, 11) is 1.03. The molecule has 7 nitrogen and oxygen atoms in total. The molecule has 1 saturated heterocycles. The second-order valence-corrected chi connectivity index (χ2v) is 7.78. The van der Waals surface area contributed by atoms with Crippen LogP contribution in [0, 0.1) is 5.41 Å². The van der Waals surface area contributed by atoms with Gasteiger partial charge < -0.3 is 19.7 Å². The van der Waals surface area contributed by atoms with E-state index >= 15 is 0 Å². The first-order valence-electron chi connectivity index (χ1n) is 8.47. The molecular weight excluding hydrogens is 340 g/mol. The molecule has 1 aliphatic carbocycles. The van der Waals surface area contributed by atoms with Crippen LogP contribution in [-0.2, 0) is 23.9 Å². The molecular formula is C19H26O7. The third kappa shape index (κ3) is 2.70. The van der Waals surface area contributed by atoms with Gasteiger partial charge in [0.15, 0.2) is 11.6 Å². The molecule has 2 N–H and O–H groups in total. The summed E-state index contributed by atoms with van der Waals surface area (Å²) in [6, 6.07) is 0. The third-order valence-corrected chi connectivity index (χ3v) is 5.19. The molecule has 0 unspecified atom stereocenters. The van der Waals surface area contributed by atoms with Gasteiger partial charge in [-0.25, -0.2) is 4.79 Å². The second-order valence-electron chi connectivity index (χ2n) is 7.78. The third-order valence-electron chi connectivity index (χ3n) is 5.19. The second kappa shape index (κ2) is 6.32. The van der Waals surface area contributed by atoms with E-state index in [2.05, 4.69) is 4.74 Å². The number of hydrogen-bond donors (Lipinski definition) is 2. The topological polar surface area (TPSA) is 110 Å². The molecule has 1 aliphatic heterocycles. The maximum atomic E-state index is 13.3. The van der Waals surface area contributed by atoms with Crippen LogP contribution in [0.5, 0.6) is 0 Å². The Morgan fingerprint density at radius 1 is 1.31 bits per heavy atom. The Morgan fingerprint density at radius 3 is 2.35 bits per heavy atom. The predicted octanol–water partition coefficient (Wildman–Crippen LogP) is 1.22. The van der Waals surface area contributed by atoms with Gasteiger partial charge in [-0.1, -0.05) is 11.6 Å². The number of methoxy groups -OCH3 is 1. The largest absolute Gasteiger partial charge is 0.488 e. The Balaban J connectivity index is 2.82. The van der Waals surface area contributed by atoms with Gasteiger partial charge in [-0.2, -0.15) is 0 Å². The highest BCUT2D eigenvalue weighted by atomic mass is 16.5. The van der Waals surface area contributed by atoms with Crippen molar-refractivity contribution >= 4 is 17.5 Å². The van der Waals surface area contributed by atoms with E-state index in [9.17, 15) is 24.6 Å². The summed E-state index contributed by atoms with van der Waals surface area (Å²) in [6.07, 6.45) is 0.738. The highest BCUT2D eigenvalue weighted by Crippen LogP contribution is 2.56. The standard InChI is InChI=1S/C19H26O7/c1-10(2)7-8-18-9-12(21)17(4,5)26-14(18)13(11(3)20)19(24,15(18)22)16(23)25-6/h7,12,21,24H,8-9H2,1-6H3/t12-,18+,19-/m0/s1. The van der Waals surface area contributed by atoms with Crippen molar-refractivity contribution in [1.29, 1.82) is 0 Å². The minimum absolute atomic E-state index is 0.0456. The van der Waals surface area contributed by atoms with Gasteiger partial charge in [0.25, 0.3) is 5.60 Å². The van der Waals surface area contributed by atoms with E-state index in [4.69, 9.17) is 4.74 Å². The van der Waals surface area contributed by atoms with Crippen molar-refractivity contribution < 1.29 is 34.1 Å². The molecule has 0 saturated carbocycles. The highest BCUT2D eigenvalue weighted by molar-refractivity contribution is 6.23. The van der Waals surface area contributed by atoms with Crippen molar-refractivity contribution in [3.8, 4) is 0 Å². The van der Waals surface area contributed by atoms with Crippen LogP contribution in [0.3, 0.4) is 0 Å². The number of aliphatic hydroxyl groups excluding tert-OH is 1. The van der Waals surface area contributed by atoms with Crippen LogP contribution in [0.15, 0.2) is 23.0 Å². The molecule has 0 aromatic rings. The smallest absolute Gasteiger partial charge is 0.350 e. The van der Waals surface area contributed by atoms with Crippen LogP contribution in [-0.4, -0.2) is 52.2 Å². The molecule has 26 heavy (non-hydrogen) atoms. The van der Waals surface area contributed by atoms with Gasteiger partial charge in [0.1, 0.15) is 11.4 Å². The first kappa shape index (κ1) is 20.3. The Morgan fingerprint density at radius 2 is 1.88 bits per heavy atom. The number of allylic oxidation sites excluding steroid dienone is 3. The zero-order chi connectivity index (χ0) is 20.1. The van der Waals surface area contributed by atoms with Crippen LogP contribution < -0.4 is 0 Å². The SMILES string of the molecule is COC(=O)[C@@]1(O)C(=O)[C@]2(CC=C(C)C)C[C@H](O)C(C)(C)OC2=C1C(C)=O. The van der Waals surface area contributed by atoms with Crippen molar-refractivity contribution in [3.63, 3.8) is 0 Å². The van der Waals surface area contributed by atoms with Gasteiger partial charge >= 0.3 is 5.97 Å². The summed E-state index contributed by atoms with van der Waals surface area (Å²) in [4.78, 5) is 37.9. The molecule has 2 aliphatic rings. The number of ether oxygens (including phenoxy) is 2. The van der Waals surface area contributed by atoms with Gasteiger partial charge in [-0.3, -0.25) is 9.59 Å². The zero-order valence-electron chi connectivity index (χ0n) is 16.0. The van der Waals surface area contributed by atoms with Crippen molar-refractivity contribution in [3.05, 3.63) is 23.0 Å². The molecule has 1 fully saturated rings. The molecule has 0 radical (unpaired) electrons. The van der Waals surface area contributed by atoms with E-state index in [1.54, 1.807) is 19.9 Å². The Kier molecular flexibility index (Phi) is 4.94. The minimum atomic E-state index is -2.74. The van der Waals surface area contributed by atoms with Crippen molar-refractivity contribution in [2.45, 2.75) is 64.8 Å². The van der Waals surface area contributed by atoms with Crippen LogP contribution in [0.2, 0.25) is 0 Å². The maximum absolute atomic E-state index is 13.3. The number of ketones is 2. The fourth-order valence-electron chi connectivity index (χ4n) is 3.61.